The average Bonchev–Trinajstić information content (AvgIpc) is 2.66. The van der Waals surface area contributed by atoms with Crippen molar-refractivity contribution >= 4 is 23.3 Å². The summed E-state index contributed by atoms with van der Waals surface area (Å²) in [5, 5.41) is 2.64. The summed E-state index contributed by atoms with van der Waals surface area (Å²) in [6.07, 6.45) is 0.327. The van der Waals surface area contributed by atoms with Crippen LogP contribution in [0.1, 0.15) is 34.1 Å². The number of para-hydroxylation sites is 1. The molecular weight excluding hydrogens is 360 g/mol. The van der Waals surface area contributed by atoms with Crippen molar-refractivity contribution in [2.45, 2.75) is 20.0 Å². The molecule has 0 bridgehead atoms. The Kier molecular flexibility index (Phi) is 6.99. The second-order valence-corrected chi connectivity index (χ2v) is 5.35. The van der Waals surface area contributed by atoms with E-state index in [1.807, 2.05) is 0 Å². The van der Waals surface area contributed by atoms with Gasteiger partial charge in [-0.05, 0) is 36.4 Å². The number of halogens is 2. The van der Waals surface area contributed by atoms with Crippen LogP contribution in [0.2, 0.25) is 0 Å². The van der Waals surface area contributed by atoms with Crippen molar-refractivity contribution in [3.05, 3.63) is 59.7 Å². The number of Topliss-reactive ketones (excluding diaryl/α,β-unsaturated/α-hetero) is 1. The van der Waals surface area contributed by atoms with E-state index in [0.29, 0.717) is 12.1 Å². The maximum atomic E-state index is 12.4. The lowest BCUT2D eigenvalue weighted by molar-refractivity contribution is -0.115. The predicted molar refractivity (Wildman–Crippen MR) is 93.0 cm³/mol. The third kappa shape index (κ3) is 5.88. The fraction of sp³-hybridized carbons (Fsp3) is 0.211. The van der Waals surface area contributed by atoms with Crippen LogP contribution in [0, 0.1) is 0 Å². The third-order valence-electron chi connectivity index (χ3n) is 3.47. The molecule has 142 valence electrons. The number of rotatable bonds is 8. The molecule has 0 heterocycles. The molecule has 2 rings (SSSR count). The van der Waals surface area contributed by atoms with Crippen molar-refractivity contribution in [2.75, 3.05) is 11.9 Å². The van der Waals surface area contributed by atoms with Gasteiger partial charge in [0.2, 0.25) is 5.91 Å². The fourth-order valence-electron chi connectivity index (χ4n) is 2.12. The van der Waals surface area contributed by atoms with Gasteiger partial charge in [-0.3, -0.25) is 9.59 Å². The van der Waals surface area contributed by atoms with Gasteiger partial charge >= 0.3 is 12.6 Å². The van der Waals surface area contributed by atoms with Gasteiger partial charge in [0.1, 0.15) is 11.3 Å². The normalized spacial score (nSPS) is 10.4. The first-order valence-electron chi connectivity index (χ1n) is 8.04. The minimum atomic E-state index is -3.09. The van der Waals surface area contributed by atoms with Crippen molar-refractivity contribution in [1.29, 1.82) is 0 Å². The molecule has 0 unspecified atom stereocenters. The summed E-state index contributed by atoms with van der Waals surface area (Å²) in [7, 11) is 0. The first-order chi connectivity index (χ1) is 12.9. The molecule has 0 aliphatic carbocycles. The number of anilines is 1. The lowest BCUT2D eigenvalue weighted by atomic mass is 10.1. The number of carbonyl (C=O) groups excluding carboxylic acids is 3. The van der Waals surface area contributed by atoms with Gasteiger partial charge < -0.3 is 14.8 Å². The van der Waals surface area contributed by atoms with E-state index in [9.17, 15) is 23.2 Å². The molecule has 6 nitrogen and oxygen atoms in total. The molecule has 2 aromatic rings. The maximum absolute atomic E-state index is 12.4. The smallest absolute Gasteiger partial charge is 0.387 e. The Morgan fingerprint density at radius 1 is 1.04 bits per heavy atom. The Balaban J connectivity index is 1.97. The van der Waals surface area contributed by atoms with Crippen molar-refractivity contribution in [3.63, 3.8) is 0 Å². The molecule has 27 heavy (non-hydrogen) atoms. The molecule has 1 amide bonds. The molecular formula is C19H17F2NO5. The zero-order chi connectivity index (χ0) is 19.8. The van der Waals surface area contributed by atoms with E-state index in [4.69, 9.17) is 4.74 Å². The van der Waals surface area contributed by atoms with Crippen LogP contribution in [0.15, 0.2) is 48.5 Å². The topological polar surface area (TPSA) is 81.7 Å². The number of carbonyl (C=O) groups is 3. The third-order valence-corrected chi connectivity index (χ3v) is 3.47. The highest BCUT2D eigenvalue weighted by Crippen LogP contribution is 2.21. The lowest BCUT2D eigenvalue weighted by Crippen LogP contribution is -2.16. The van der Waals surface area contributed by atoms with Crippen LogP contribution in [-0.2, 0) is 9.53 Å². The summed E-state index contributed by atoms with van der Waals surface area (Å²) >= 11 is 0. The molecule has 0 aliphatic heterocycles. The number of nitrogens with one attached hydrogen (secondary N) is 1. The molecule has 8 heteroatoms. The van der Waals surface area contributed by atoms with Crippen molar-refractivity contribution in [3.8, 4) is 5.75 Å². The maximum Gasteiger partial charge on any atom is 0.387 e. The zero-order valence-electron chi connectivity index (χ0n) is 14.4. The SMILES string of the molecule is CCC(=O)Nc1ccc(C(=O)COC(=O)c2ccccc2OC(F)F)cc1. The van der Waals surface area contributed by atoms with Gasteiger partial charge in [0.25, 0.3) is 0 Å². The first kappa shape index (κ1) is 20.0. The zero-order valence-corrected chi connectivity index (χ0v) is 14.4. The number of amides is 1. The van der Waals surface area contributed by atoms with Crippen LogP contribution in [-0.4, -0.2) is 30.9 Å². The van der Waals surface area contributed by atoms with Gasteiger partial charge in [0, 0.05) is 17.7 Å². The van der Waals surface area contributed by atoms with Crippen molar-refractivity contribution < 1.29 is 32.6 Å². The van der Waals surface area contributed by atoms with E-state index in [2.05, 4.69) is 10.1 Å². The second kappa shape index (κ2) is 9.42. The molecule has 1 N–H and O–H groups in total. The minimum absolute atomic E-state index is 0.160. The number of esters is 1. The Bertz CT molecular complexity index is 821. The van der Waals surface area contributed by atoms with Gasteiger partial charge in [-0.2, -0.15) is 8.78 Å². The summed E-state index contributed by atoms with van der Waals surface area (Å²) in [6.45, 7) is -1.94. The molecule has 0 radical (unpaired) electrons. The first-order valence-corrected chi connectivity index (χ1v) is 8.04. The monoisotopic (exact) mass is 377 g/mol. The molecule has 0 saturated heterocycles. The summed E-state index contributed by atoms with van der Waals surface area (Å²) in [6, 6.07) is 11.4. The molecule has 0 spiro atoms. The Hall–Kier alpha value is -3.29. The highest BCUT2D eigenvalue weighted by atomic mass is 19.3. The largest absolute Gasteiger partial charge is 0.454 e. The Morgan fingerprint density at radius 2 is 1.70 bits per heavy atom. The molecule has 0 saturated carbocycles. The molecule has 0 fully saturated rings. The van der Waals surface area contributed by atoms with E-state index in [1.54, 1.807) is 19.1 Å². The van der Waals surface area contributed by atoms with Crippen molar-refractivity contribution in [1.82, 2.24) is 0 Å². The minimum Gasteiger partial charge on any atom is -0.454 e. The standard InChI is InChI=1S/C19H17F2NO5/c1-2-17(24)22-13-9-7-12(8-10-13)15(23)11-26-18(25)14-5-3-4-6-16(14)27-19(20)21/h3-10,19H,2,11H2,1H3,(H,22,24). The number of hydrogen-bond acceptors (Lipinski definition) is 5. The average molecular weight is 377 g/mol. The van der Waals surface area contributed by atoms with Gasteiger partial charge in [-0.15, -0.1) is 0 Å². The summed E-state index contributed by atoms with van der Waals surface area (Å²) in [5.41, 5.74) is 0.603. The summed E-state index contributed by atoms with van der Waals surface area (Å²) < 4.78 is 33.9. The van der Waals surface area contributed by atoms with Crippen molar-refractivity contribution in [2.24, 2.45) is 0 Å². The van der Waals surface area contributed by atoms with E-state index in [0.717, 1.165) is 0 Å². The van der Waals surface area contributed by atoms with Gasteiger partial charge in [-0.1, -0.05) is 19.1 Å². The van der Waals surface area contributed by atoms with Crippen LogP contribution >= 0.6 is 0 Å². The van der Waals surface area contributed by atoms with E-state index in [1.165, 1.54) is 36.4 Å². The number of alkyl halides is 2. The second-order valence-electron chi connectivity index (χ2n) is 5.35. The van der Waals surface area contributed by atoms with E-state index < -0.39 is 25.0 Å². The van der Waals surface area contributed by atoms with Gasteiger partial charge in [-0.25, -0.2) is 4.79 Å². The number of hydrogen-bond donors (Lipinski definition) is 1. The van der Waals surface area contributed by atoms with Crippen LogP contribution in [0.5, 0.6) is 5.75 Å². The number of ether oxygens (including phenoxy) is 2. The van der Waals surface area contributed by atoms with Crippen LogP contribution in [0.25, 0.3) is 0 Å². The van der Waals surface area contributed by atoms with Crippen LogP contribution in [0.3, 0.4) is 0 Å². The van der Waals surface area contributed by atoms with Crippen LogP contribution in [0.4, 0.5) is 14.5 Å². The van der Waals surface area contributed by atoms with Gasteiger partial charge in [0.05, 0.1) is 0 Å². The fourth-order valence-corrected chi connectivity index (χ4v) is 2.12. The lowest BCUT2D eigenvalue weighted by Gasteiger charge is -2.10. The highest BCUT2D eigenvalue weighted by Gasteiger charge is 2.18. The van der Waals surface area contributed by atoms with Crippen LogP contribution < -0.4 is 10.1 Å². The van der Waals surface area contributed by atoms with E-state index >= 15 is 0 Å². The van der Waals surface area contributed by atoms with Gasteiger partial charge in [0.15, 0.2) is 12.4 Å². The molecule has 0 aliphatic rings. The Labute approximate surface area is 154 Å². The van der Waals surface area contributed by atoms with E-state index in [-0.39, 0.29) is 22.8 Å². The Morgan fingerprint density at radius 3 is 2.33 bits per heavy atom. The molecule has 0 aromatic heterocycles. The summed E-state index contributed by atoms with van der Waals surface area (Å²) in [5.74, 6) is -1.93. The quantitative estimate of drug-likeness (QED) is 0.561. The molecule has 0 atom stereocenters. The number of benzene rings is 2. The summed E-state index contributed by atoms with van der Waals surface area (Å²) in [4.78, 5) is 35.5. The molecule has 2 aromatic carbocycles. The highest BCUT2D eigenvalue weighted by molar-refractivity contribution is 6.00. The predicted octanol–water partition coefficient (Wildman–Crippen LogP) is 3.68. The number of ketones is 1.